The van der Waals surface area contributed by atoms with E-state index in [-0.39, 0.29) is 0 Å². The van der Waals surface area contributed by atoms with Crippen molar-refractivity contribution in [3.63, 3.8) is 0 Å². The first-order valence-corrected chi connectivity index (χ1v) is 8.01. The average molecular weight is 290 g/mol. The first-order valence-electron chi connectivity index (χ1n) is 8.01. The molecule has 0 fully saturated rings. The maximum atomic E-state index is 5.39. The van der Waals surface area contributed by atoms with Crippen molar-refractivity contribution in [1.29, 1.82) is 0 Å². The zero-order chi connectivity index (χ0) is 15.5. The van der Waals surface area contributed by atoms with E-state index in [0.29, 0.717) is 5.92 Å². The molecule has 0 radical (unpaired) electrons. The van der Waals surface area contributed by atoms with Crippen molar-refractivity contribution < 1.29 is 9.47 Å². The minimum absolute atomic E-state index is 0.710. The van der Waals surface area contributed by atoms with Crippen molar-refractivity contribution in [3.8, 4) is 5.75 Å². The smallest absolute Gasteiger partial charge is 0.126 e. The van der Waals surface area contributed by atoms with Gasteiger partial charge >= 0.3 is 0 Å². The Bertz CT molecular complexity index is 418. The minimum atomic E-state index is 0.710. The molecule has 21 heavy (non-hydrogen) atoms. The number of methoxy groups -OCH3 is 2. The van der Waals surface area contributed by atoms with Crippen molar-refractivity contribution in [3.05, 3.63) is 35.4 Å². The summed E-state index contributed by atoms with van der Waals surface area (Å²) in [6.45, 7) is 5.24. The second kappa shape index (κ2) is 10.4. The fourth-order valence-corrected chi connectivity index (χ4v) is 2.67. The number of rotatable bonds is 10. The Kier molecular flexibility index (Phi) is 8.84. The lowest BCUT2D eigenvalue weighted by Crippen LogP contribution is -2.07. The Morgan fingerprint density at radius 3 is 2.67 bits per heavy atom. The normalized spacial score (nSPS) is 12.8. The van der Waals surface area contributed by atoms with Gasteiger partial charge in [-0.1, -0.05) is 37.1 Å². The molecule has 0 bridgehead atoms. The SMILES string of the molecule is CCCC(CCC/C=C/c1cc(C)ccc1OC)COC. The summed E-state index contributed by atoms with van der Waals surface area (Å²) in [6.07, 6.45) is 10.5. The Labute approximate surface area is 130 Å². The lowest BCUT2D eigenvalue weighted by Gasteiger charge is -2.14. The summed E-state index contributed by atoms with van der Waals surface area (Å²) in [5, 5.41) is 0. The van der Waals surface area contributed by atoms with Gasteiger partial charge in [-0.2, -0.15) is 0 Å². The summed E-state index contributed by atoms with van der Waals surface area (Å²) in [7, 11) is 3.52. The zero-order valence-electron chi connectivity index (χ0n) is 14.0. The zero-order valence-corrected chi connectivity index (χ0v) is 14.0. The van der Waals surface area contributed by atoms with E-state index < -0.39 is 0 Å². The van der Waals surface area contributed by atoms with Crippen LogP contribution >= 0.6 is 0 Å². The van der Waals surface area contributed by atoms with Crippen molar-refractivity contribution in [1.82, 2.24) is 0 Å². The van der Waals surface area contributed by atoms with E-state index in [9.17, 15) is 0 Å². The van der Waals surface area contributed by atoms with Gasteiger partial charge in [-0.25, -0.2) is 0 Å². The molecule has 118 valence electrons. The molecule has 2 nitrogen and oxygen atoms in total. The fourth-order valence-electron chi connectivity index (χ4n) is 2.67. The molecule has 1 aromatic carbocycles. The number of allylic oxidation sites excluding steroid dienone is 1. The molecule has 0 aliphatic heterocycles. The second-order valence-corrected chi connectivity index (χ2v) is 5.69. The molecule has 1 unspecified atom stereocenters. The number of benzene rings is 1. The standard InChI is InChI=1S/C19H30O2/c1-5-9-17(15-20-3)10-7-6-8-11-18-14-16(2)12-13-19(18)21-4/h8,11-14,17H,5-7,9-10,15H2,1-4H3/b11-8+. The molecule has 0 saturated heterocycles. The topological polar surface area (TPSA) is 18.5 Å². The molecular weight excluding hydrogens is 260 g/mol. The van der Waals surface area contributed by atoms with Crippen LogP contribution < -0.4 is 4.74 Å². The van der Waals surface area contributed by atoms with E-state index in [0.717, 1.165) is 18.8 Å². The monoisotopic (exact) mass is 290 g/mol. The number of aryl methyl sites for hydroxylation is 1. The third-order valence-electron chi connectivity index (χ3n) is 3.77. The van der Waals surface area contributed by atoms with Gasteiger partial charge in [0.15, 0.2) is 0 Å². The van der Waals surface area contributed by atoms with Crippen molar-refractivity contribution >= 4 is 6.08 Å². The van der Waals surface area contributed by atoms with Crippen LogP contribution in [0.25, 0.3) is 6.08 Å². The van der Waals surface area contributed by atoms with Crippen LogP contribution in [0.4, 0.5) is 0 Å². The average Bonchev–Trinajstić information content (AvgIpc) is 2.47. The van der Waals surface area contributed by atoms with Crippen molar-refractivity contribution in [2.45, 2.75) is 46.0 Å². The lowest BCUT2D eigenvalue weighted by molar-refractivity contribution is 0.142. The summed E-state index contributed by atoms with van der Waals surface area (Å²) in [6, 6.07) is 6.28. The van der Waals surface area contributed by atoms with Gasteiger partial charge in [0.2, 0.25) is 0 Å². The highest BCUT2D eigenvalue weighted by atomic mass is 16.5. The molecule has 0 aliphatic carbocycles. The Morgan fingerprint density at radius 1 is 1.19 bits per heavy atom. The molecular formula is C19H30O2. The van der Waals surface area contributed by atoms with Crippen LogP contribution in [0.1, 0.15) is 50.2 Å². The van der Waals surface area contributed by atoms with Gasteiger partial charge < -0.3 is 9.47 Å². The van der Waals surface area contributed by atoms with Gasteiger partial charge in [0, 0.05) is 19.3 Å². The molecule has 0 saturated carbocycles. The predicted molar refractivity (Wildman–Crippen MR) is 90.9 cm³/mol. The quantitative estimate of drug-likeness (QED) is 0.548. The van der Waals surface area contributed by atoms with Crippen LogP contribution in [-0.4, -0.2) is 20.8 Å². The molecule has 0 aromatic heterocycles. The van der Waals surface area contributed by atoms with Crippen molar-refractivity contribution in [2.75, 3.05) is 20.8 Å². The number of ether oxygens (including phenoxy) is 2. The Balaban J connectivity index is 2.42. The van der Waals surface area contributed by atoms with E-state index in [1.165, 1.54) is 36.8 Å². The van der Waals surface area contributed by atoms with Crippen LogP contribution in [0.5, 0.6) is 5.75 Å². The maximum Gasteiger partial charge on any atom is 0.126 e. The van der Waals surface area contributed by atoms with Crippen molar-refractivity contribution in [2.24, 2.45) is 5.92 Å². The lowest BCUT2D eigenvalue weighted by atomic mass is 9.97. The highest BCUT2D eigenvalue weighted by molar-refractivity contribution is 5.58. The highest BCUT2D eigenvalue weighted by Crippen LogP contribution is 2.22. The Morgan fingerprint density at radius 2 is 2.00 bits per heavy atom. The third-order valence-corrected chi connectivity index (χ3v) is 3.77. The molecule has 0 N–H and O–H groups in total. The summed E-state index contributed by atoms with van der Waals surface area (Å²) >= 11 is 0. The molecule has 0 heterocycles. The number of hydrogen-bond acceptors (Lipinski definition) is 2. The third kappa shape index (κ3) is 6.81. The summed E-state index contributed by atoms with van der Waals surface area (Å²) in [5.74, 6) is 1.65. The van der Waals surface area contributed by atoms with E-state index in [2.05, 4.69) is 38.1 Å². The van der Waals surface area contributed by atoms with Gasteiger partial charge in [0.05, 0.1) is 7.11 Å². The van der Waals surface area contributed by atoms with E-state index in [1.54, 1.807) is 14.2 Å². The van der Waals surface area contributed by atoms with Gasteiger partial charge in [-0.05, 0) is 50.7 Å². The maximum absolute atomic E-state index is 5.39. The van der Waals surface area contributed by atoms with E-state index in [1.807, 2.05) is 6.07 Å². The first-order chi connectivity index (χ1) is 10.2. The molecule has 2 heteroatoms. The summed E-state index contributed by atoms with van der Waals surface area (Å²) in [4.78, 5) is 0. The van der Waals surface area contributed by atoms with Crippen LogP contribution in [0.2, 0.25) is 0 Å². The van der Waals surface area contributed by atoms with Crippen LogP contribution in [-0.2, 0) is 4.74 Å². The van der Waals surface area contributed by atoms with Crippen LogP contribution in [0.3, 0.4) is 0 Å². The number of unbranched alkanes of at least 4 members (excludes halogenated alkanes) is 1. The summed E-state index contributed by atoms with van der Waals surface area (Å²) in [5.41, 5.74) is 2.43. The predicted octanol–water partition coefficient (Wildman–Crippen LogP) is 5.25. The van der Waals surface area contributed by atoms with Crippen LogP contribution in [0, 0.1) is 12.8 Å². The highest BCUT2D eigenvalue weighted by Gasteiger charge is 2.06. The Hall–Kier alpha value is -1.28. The van der Waals surface area contributed by atoms with Gasteiger partial charge in [0.1, 0.15) is 5.75 Å². The fraction of sp³-hybridized carbons (Fsp3) is 0.579. The second-order valence-electron chi connectivity index (χ2n) is 5.69. The van der Waals surface area contributed by atoms with Crippen LogP contribution in [0.15, 0.2) is 24.3 Å². The minimum Gasteiger partial charge on any atom is -0.496 e. The largest absolute Gasteiger partial charge is 0.496 e. The molecule has 0 spiro atoms. The summed E-state index contributed by atoms with van der Waals surface area (Å²) < 4.78 is 10.7. The van der Waals surface area contributed by atoms with E-state index in [4.69, 9.17) is 9.47 Å². The van der Waals surface area contributed by atoms with Gasteiger partial charge in [0.25, 0.3) is 0 Å². The number of hydrogen-bond donors (Lipinski definition) is 0. The molecule has 1 aromatic rings. The molecule has 1 atom stereocenters. The van der Waals surface area contributed by atoms with E-state index >= 15 is 0 Å². The van der Waals surface area contributed by atoms with Gasteiger partial charge in [-0.15, -0.1) is 0 Å². The first kappa shape index (κ1) is 17.8. The van der Waals surface area contributed by atoms with Gasteiger partial charge in [-0.3, -0.25) is 0 Å². The molecule has 0 amide bonds. The molecule has 0 aliphatic rings. The molecule has 1 rings (SSSR count).